The van der Waals surface area contributed by atoms with Crippen LogP contribution in [0.4, 0.5) is 0 Å². The number of aromatic nitrogens is 3. The van der Waals surface area contributed by atoms with E-state index in [2.05, 4.69) is 9.97 Å². The molecular weight excluding hydrogens is 416 g/mol. The highest BCUT2D eigenvalue weighted by Crippen LogP contribution is 2.39. The number of Topliss-reactive ketones (excluding diaryl/α,β-unsaturated/α-hetero) is 1. The van der Waals surface area contributed by atoms with Gasteiger partial charge in [0.25, 0.3) is 11.7 Å². The van der Waals surface area contributed by atoms with Crippen molar-refractivity contribution in [3.63, 3.8) is 0 Å². The molecule has 164 valence electrons. The monoisotopic (exact) mass is 438 g/mol. The van der Waals surface area contributed by atoms with Crippen LogP contribution in [0, 0.1) is 6.92 Å². The van der Waals surface area contributed by atoms with Gasteiger partial charge in [-0.3, -0.25) is 14.6 Å². The quantitative estimate of drug-likeness (QED) is 0.290. The van der Waals surface area contributed by atoms with Crippen LogP contribution in [0.1, 0.15) is 22.7 Å². The van der Waals surface area contributed by atoms with Crippen molar-refractivity contribution < 1.29 is 14.7 Å². The van der Waals surface area contributed by atoms with E-state index in [1.165, 1.54) is 17.3 Å². The van der Waals surface area contributed by atoms with Crippen molar-refractivity contribution in [1.82, 2.24) is 19.4 Å². The second kappa shape index (κ2) is 8.35. The van der Waals surface area contributed by atoms with Crippen molar-refractivity contribution in [3.05, 3.63) is 102 Å². The third-order valence-corrected chi connectivity index (χ3v) is 6.00. The third-order valence-electron chi connectivity index (χ3n) is 6.00. The maximum Gasteiger partial charge on any atom is 0.295 e. The number of ketones is 1. The van der Waals surface area contributed by atoms with Crippen LogP contribution in [0.15, 0.2) is 85.0 Å². The van der Waals surface area contributed by atoms with Crippen LogP contribution < -0.4 is 0 Å². The van der Waals surface area contributed by atoms with Gasteiger partial charge in [0.05, 0.1) is 29.0 Å². The second-order valence-corrected chi connectivity index (χ2v) is 8.07. The normalized spacial score (nSPS) is 17.7. The van der Waals surface area contributed by atoms with Crippen LogP contribution in [-0.4, -0.2) is 42.8 Å². The zero-order valence-electron chi connectivity index (χ0n) is 18.0. The zero-order valence-corrected chi connectivity index (χ0v) is 18.0. The summed E-state index contributed by atoms with van der Waals surface area (Å²) in [5.41, 5.74) is 4.19. The summed E-state index contributed by atoms with van der Waals surface area (Å²) in [4.78, 5) is 36.1. The van der Waals surface area contributed by atoms with Gasteiger partial charge in [0.2, 0.25) is 0 Å². The van der Waals surface area contributed by atoms with Gasteiger partial charge >= 0.3 is 0 Å². The molecule has 33 heavy (non-hydrogen) atoms. The lowest BCUT2D eigenvalue weighted by atomic mass is 9.95. The molecule has 1 atom stereocenters. The number of imidazole rings is 1. The average Bonchev–Trinajstić information content (AvgIpc) is 3.37. The number of aliphatic hydroxyl groups is 1. The number of aryl methyl sites for hydroxylation is 1. The van der Waals surface area contributed by atoms with E-state index in [1.54, 1.807) is 18.5 Å². The van der Waals surface area contributed by atoms with Crippen molar-refractivity contribution in [2.75, 3.05) is 6.54 Å². The highest BCUT2D eigenvalue weighted by molar-refractivity contribution is 6.46. The van der Waals surface area contributed by atoms with Gasteiger partial charge in [-0.15, -0.1) is 0 Å². The summed E-state index contributed by atoms with van der Waals surface area (Å²) in [6.07, 6.45) is 4.81. The number of nitrogens with zero attached hydrogens (tertiary/aromatic N) is 4. The number of carbonyl (C=O) groups excluding carboxylic acids is 2. The fourth-order valence-corrected chi connectivity index (χ4v) is 4.28. The van der Waals surface area contributed by atoms with E-state index < -0.39 is 17.7 Å². The van der Waals surface area contributed by atoms with Crippen molar-refractivity contribution in [2.45, 2.75) is 19.5 Å². The predicted octanol–water partition coefficient (Wildman–Crippen LogP) is 3.86. The summed E-state index contributed by atoms with van der Waals surface area (Å²) in [6, 6.07) is 18.0. The van der Waals surface area contributed by atoms with Gasteiger partial charge in [0, 0.05) is 31.0 Å². The van der Waals surface area contributed by atoms with E-state index in [0.717, 1.165) is 22.2 Å². The molecule has 7 heteroatoms. The molecule has 7 nitrogen and oxygen atoms in total. The number of para-hydroxylation sites is 2. The minimum absolute atomic E-state index is 0.0885. The molecule has 1 fully saturated rings. The Morgan fingerprint density at radius 3 is 2.45 bits per heavy atom. The second-order valence-electron chi connectivity index (χ2n) is 8.07. The minimum atomic E-state index is -0.689. The first-order valence-corrected chi connectivity index (χ1v) is 10.7. The Kier molecular flexibility index (Phi) is 5.22. The van der Waals surface area contributed by atoms with Crippen LogP contribution in [0.3, 0.4) is 0 Å². The van der Waals surface area contributed by atoms with Gasteiger partial charge < -0.3 is 14.6 Å². The molecule has 1 unspecified atom stereocenters. The Hall–Kier alpha value is -4.26. The van der Waals surface area contributed by atoms with Gasteiger partial charge in [-0.1, -0.05) is 42.0 Å². The number of benzene rings is 2. The summed E-state index contributed by atoms with van der Waals surface area (Å²) in [5.74, 6) is -1.51. The molecule has 5 rings (SSSR count). The highest BCUT2D eigenvalue weighted by atomic mass is 16.3. The lowest BCUT2D eigenvalue weighted by Crippen LogP contribution is -2.32. The van der Waals surface area contributed by atoms with Gasteiger partial charge in [0.1, 0.15) is 5.76 Å². The van der Waals surface area contributed by atoms with E-state index in [-0.39, 0.29) is 17.9 Å². The van der Waals surface area contributed by atoms with Crippen molar-refractivity contribution in [3.8, 4) is 0 Å². The minimum Gasteiger partial charge on any atom is -0.507 e. The van der Waals surface area contributed by atoms with Gasteiger partial charge in [-0.25, -0.2) is 4.98 Å². The topological polar surface area (TPSA) is 88.3 Å². The largest absolute Gasteiger partial charge is 0.507 e. The first-order chi connectivity index (χ1) is 16.0. The van der Waals surface area contributed by atoms with Gasteiger partial charge in [-0.2, -0.15) is 0 Å². The summed E-state index contributed by atoms with van der Waals surface area (Å²) >= 11 is 0. The van der Waals surface area contributed by atoms with Crippen LogP contribution in [0.5, 0.6) is 0 Å². The molecule has 1 N–H and O–H groups in total. The summed E-state index contributed by atoms with van der Waals surface area (Å²) in [5, 5.41) is 11.0. The number of fused-ring (bicyclic) bond motifs is 1. The Morgan fingerprint density at radius 2 is 1.70 bits per heavy atom. The number of carbonyl (C=O) groups is 2. The molecule has 4 aromatic rings. The molecule has 0 spiro atoms. The number of pyridine rings is 1. The van der Waals surface area contributed by atoms with Gasteiger partial charge in [-0.05, 0) is 36.8 Å². The molecule has 0 aliphatic carbocycles. The first-order valence-electron chi connectivity index (χ1n) is 10.7. The van der Waals surface area contributed by atoms with Crippen LogP contribution in [0.2, 0.25) is 0 Å². The molecular formula is C26H22N4O3. The molecule has 1 amide bonds. The fraction of sp³-hybridized carbons (Fsp3) is 0.154. The van der Waals surface area contributed by atoms with E-state index in [9.17, 15) is 14.7 Å². The summed E-state index contributed by atoms with van der Waals surface area (Å²) in [7, 11) is 0. The van der Waals surface area contributed by atoms with Crippen molar-refractivity contribution in [2.24, 2.45) is 0 Å². The molecule has 0 bridgehead atoms. The lowest BCUT2D eigenvalue weighted by molar-refractivity contribution is -0.140. The third kappa shape index (κ3) is 3.67. The van der Waals surface area contributed by atoms with E-state index in [0.29, 0.717) is 12.1 Å². The zero-order chi connectivity index (χ0) is 22.9. The number of likely N-dealkylation sites (tertiary alicyclic amines) is 1. The van der Waals surface area contributed by atoms with Gasteiger partial charge in [0.15, 0.2) is 0 Å². The van der Waals surface area contributed by atoms with Crippen LogP contribution >= 0.6 is 0 Å². The number of rotatable bonds is 5. The maximum atomic E-state index is 13.1. The molecule has 1 saturated heterocycles. The fourth-order valence-electron chi connectivity index (χ4n) is 4.28. The van der Waals surface area contributed by atoms with E-state index in [1.807, 2.05) is 60.0 Å². The molecule has 1 aliphatic heterocycles. The predicted molar refractivity (Wildman–Crippen MR) is 124 cm³/mol. The Balaban J connectivity index is 1.56. The number of aliphatic hydroxyl groups excluding tert-OH is 1. The molecule has 0 radical (unpaired) electrons. The maximum absolute atomic E-state index is 13.1. The highest BCUT2D eigenvalue weighted by Gasteiger charge is 2.45. The first kappa shape index (κ1) is 20.6. The summed E-state index contributed by atoms with van der Waals surface area (Å²) < 4.78 is 1.96. The summed E-state index contributed by atoms with van der Waals surface area (Å²) in [6.45, 7) is 2.73. The molecule has 2 aromatic carbocycles. The van der Waals surface area contributed by atoms with Crippen molar-refractivity contribution >= 4 is 28.5 Å². The molecule has 2 aromatic heterocycles. The number of hydrogen-bond acceptors (Lipinski definition) is 5. The van der Waals surface area contributed by atoms with Crippen molar-refractivity contribution in [1.29, 1.82) is 0 Å². The van der Waals surface area contributed by atoms with E-state index >= 15 is 0 Å². The molecule has 3 heterocycles. The smallest absolute Gasteiger partial charge is 0.295 e. The van der Waals surface area contributed by atoms with Crippen LogP contribution in [-0.2, 0) is 16.1 Å². The van der Waals surface area contributed by atoms with E-state index in [4.69, 9.17) is 0 Å². The number of hydrogen-bond donors (Lipinski definition) is 1. The molecule has 1 aliphatic rings. The molecule has 0 saturated carbocycles. The number of amides is 1. The Labute approximate surface area is 190 Å². The Bertz CT molecular complexity index is 1370. The Morgan fingerprint density at radius 1 is 0.970 bits per heavy atom. The SMILES string of the molecule is Cc1ccc(C2C(=C(O)c3ccncc3)C(=O)C(=O)N2CCn2cnc3ccccc32)cc1. The van der Waals surface area contributed by atoms with Crippen LogP contribution in [0.25, 0.3) is 16.8 Å². The standard InChI is InChI=1S/C26H22N4O3/c1-17-6-8-18(9-7-17)23-22(24(31)19-10-12-27-13-11-19)25(32)26(33)30(23)15-14-29-16-28-20-4-2-3-5-21(20)29/h2-13,16,23,31H,14-15H2,1H3. The lowest BCUT2D eigenvalue weighted by Gasteiger charge is -2.25. The average molecular weight is 438 g/mol.